The van der Waals surface area contributed by atoms with Crippen LogP contribution in [-0.4, -0.2) is 61.6 Å². The van der Waals surface area contributed by atoms with Gasteiger partial charge in [0.05, 0.1) is 18.7 Å². The summed E-state index contributed by atoms with van der Waals surface area (Å²) in [5.41, 5.74) is 6.52. The Kier molecular flexibility index (Phi) is 5.97. The Bertz CT molecular complexity index is 647. The summed E-state index contributed by atoms with van der Waals surface area (Å²) in [6.07, 6.45) is 0. The molecule has 1 aromatic rings. The number of carbonyl (C=O) groups is 3. The maximum absolute atomic E-state index is 12.0. The van der Waals surface area contributed by atoms with Crippen molar-refractivity contribution < 1.29 is 19.1 Å². The van der Waals surface area contributed by atoms with Gasteiger partial charge >= 0.3 is 12.0 Å². The molecule has 0 spiro atoms. The minimum atomic E-state index is -0.839. The van der Waals surface area contributed by atoms with Crippen molar-refractivity contribution in [3.63, 3.8) is 0 Å². The number of rotatable bonds is 4. The third-order valence-corrected chi connectivity index (χ3v) is 4.46. The summed E-state index contributed by atoms with van der Waals surface area (Å²) in [7, 11) is 1.35. The van der Waals surface area contributed by atoms with Gasteiger partial charge in [0, 0.05) is 31.4 Å². The molecule has 1 aliphatic rings. The summed E-state index contributed by atoms with van der Waals surface area (Å²) >= 11 is 0. The second-order valence-corrected chi connectivity index (χ2v) is 6.10. The van der Waals surface area contributed by atoms with Crippen molar-refractivity contribution in [2.24, 2.45) is 5.73 Å². The van der Waals surface area contributed by atoms with Crippen molar-refractivity contribution in [3.05, 3.63) is 29.8 Å². The Hall–Kier alpha value is -2.61. The Balaban J connectivity index is 2.00. The number of imide groups is 1. The number of ether oxygens (including phenoxy) is 1. The normalized spacial score (nSPS) is 19.2. The number of nitrogens with one attached hydrogen (secondary N) is 1. The number of piperazine rings is 1. The van der Waals surface area contributed by atoms with E-state index in [-0.39, 0.29) is 12.0 Å². The molecule has 8 heteroatoms. The maximum atomic E-state index is 12.0. The smallest absolute Gasteiger partial charge is 0.337 e. The molecule has 0 radical (unpaired) electrons. The van der Waals surface area contributed by atoms with Crippen molar-refractivity contribution in [1.82, 2.24) is 10.2 Å². The Morgan fingerprint density at radius 2 is 1.88 bits per heavy atom. The molecule has 136 valence electrons. The molecule has 2 atom stereocenters. The highest BCUT2D eigenvalue weighted by molar-refractivity contribution is 5.96. The summed E-state index contributed by atoms with van der Waals surface area (Å²) in [5.74, 6) is -0.755. The van der Waals surface area contributed by atoms with Crippen molar-refractivity contribution in [2.75, 3.05) is 31.6 Å². The summed E-state index contributed by atoms with van der Waals surface area (Å²) in [5, 5.41) is 2.13. The van der Waals surface area contributed by atoms with Gasteiger partial charge in [0.15, 0.2) is 0 Å². The fourth-order valence-corrected chi connectivity index (χ4v) is 3.08. The van der Waals surface area contributed by atoms with Crippen LogP contribution in [0, 0.1) is 0 Å². The lowest BCUT2D eigenvalue weighted by Gasteiger charge is -2.43. The first-order valence-corrected chi connectivity index (χ1v) is 8.13. The van der Waals surface area contributed by atoms with Crippen molar-refractivity contribution in [2.45, 2.75) is 25.9 Å². The second kappa shape index (κ2) is 7.98. The SMILES string of the molecule is COC(=O)c1ccc(N2CCN([C@H](C)C(=O)NC(N)=O)[C@H](C)C2)cc1. The van der Waals surface area contributed by atoms with E-state index in [0.29, 0.717) is 12.1 Å². The number of primary amides is 1. The van der Waals surface area contributed by atoms with Crippen molar-refractivity contribution >= 4 is 23.6 Å². The van der Waals surface area contributed by atoms with Gasteiger partial charge in [0.1, 0.15) is 0 Å². The number of carbonyl (C=O) groups excluding carboxylic acids is 3. The topological polar surface area (TPSA) is 105 Å². The third kappa shape index (κ3) is 4.48. The number of urea groups is 1. The molecule has 2 rings (SSSR count). The van der Waals surface area contributed by atoms with Crippen LogP contribution >= 0.6 is 0 Å². The summed E-state index contributed by atoms with van der Waals surface area (Å²) in [6.45, 7) is 5.92. The fourth-order valence-electron chi connectivity index (χ4n) is 3.08. The number of hydrogen-bond donors (Lipinski definition) is 2. The van der Waals surface area contributed by atoms with Gasteiger partial charge in [-0.3, -0.25) is 15.0 Å². The predicted molar refractivity (Wildman–Crippen MR) is 93.4 cm³/mol. The van der Waals surface area contributed by atoms with Crippen LogP contribution in [0.25, 0.3) is 0 Å². The summed E-state index contributed by atoms with van der Waals surface area (Å²) in [6, 6.07) is 6.08. The largest absolute Gasteiger partial charge is 0.465 e. The van der Waals surface area contributed by atoms with Gasteiger partial charge in [0.25, 0.3) is 0 Å². The van der Waals surface area contributed by atoms with Gasteiger partial charge < -0.3 is 15.4 Å². The summed E-state index contributed by atoms with van der Waals surface area (Å²) in [4.78, 5) is 38.5. The molecule has 0 unspecified atom stereocenters. The zero-order chi connectivity index (χ0) is 18.6. The average molecular weight is 348 g/mol. The molecule has 0 aliphatic carbocycles. The van der Waals surface area contributed by atoms with E-state index in [9.17, 15) is 14.4 Å². The highest BCUT2D eigenvalue weighted by Gasteiger charge is 2.31. The number of hydrogen-bond acceptors (Lipinski definition) is 6. The molecule has 0 bridgehead atoms. The van der Waals surface area contributed by atoms with Gasteiger partial charge in [0.2, 0.25) is 5.91 Å². The first-order valence-electron chi connectivity index (χ1n) is 8.13. The second-order valence-electron chi connectivity index (χ2n) is 6.10. The van der Waals surface area contributed by atoms with E-state index < -0.39 is 18.0 Å². The molecule has 3 amide bonds. The van der Waals surface area contributed by atoms with Crippen LogP contribution < -0.4 is 16.0 Å². The van der Waals surface area contributed by atoms with Gasteiger partial charge in [-0.15, -0.1) is 0 Å². The molecule has 1 heterocycles. The van der Waals surface area contributed by atoms with Gasteiger partial charge in [-0.25, -0.2) is 9.59 Å². The minimum Gasteiger partial charge on any atom is -0.465 e. The van der Waals surface area contributed by atoms with Crippen LogP contribution in [0.5, 0.6) is 0 Å². The number of nitrogens with zero attached hydrogens (tertiary/aromatic N) is 2. The standard InChI is InChI=1S/C17H24N4O4/c1-11-10-20(14-6-4-13(5-7-14)16(23)25-3)8-9-21(11)12(2)15(22)19-17(18)24/h4-7,11-12H,8-10H2,1-3H3,(H3,18,19,22,24)/t11-,12-/m1/s1. The maximum Gasteiger partial charge on any atom is 0.337 e. The monoisotopic (exact) mass is 348 g/mol. The third-order valence-electron chi connectivity index (χ3n) is 4.46. The van der Waals surface area contributed by atoms with Crippen LogP contribution in [0.4, 0.5) is 10.5 Å². The molecule has 1 fully saturated rings. The quantitative estimate of drug-likeness (QED) is 0.771. The molecule has 1 aromatic carbocycles. The van der Waals surface area contributed by atoms with Gasteiger partial charge in [-0.1, -0.05) is 0 Å². The number of methoxy groups -OCH3 is 1. The van der Waals surface area contributed by atoms with Crippen LogP contribution in [0.3, 0.4) is 0 Å². The summed E-state index contributed by atoms with van der Waals surface area (Å²) < 4.78 is 4.70. The average Bonchev–Trinajstić information content (AvgIpc) is 2.60. The zero-order valence-electron chi connectivity index (χ0n) is 14.7. The first kappa shape index (κ1) is 18.7. The van der Waals surface area contributed by atoms with E-state index in [4.69, 9.17) is 10.5 Å². The zero-order valence-corrected chi connectivity index (χ0v) is 14.7. The number of esters is 1. The lowest BCUT2D eigenvalue weighted by Crippen LogP contribution is -2.59. The molecule has 3 N–H and O–H groups in total. The fraction of sp³-hybridized carbons (Fsp3) is 0.471. The van der Waals surface area contributed by atoms with Crippen LogP contribution in [0.2, 0.25) is 0 Å². The highest BCUT2D eigenvalue weighted by atomic mass is 16.5. The van der Waals surface area contributed by atoms with Crippen LogP contribution in [-0.2, 0) is 9.53 Å². The van der Waals surface area contributed by atoms with Gasteiger partial charge in [-0.05, 0) is 38.1 Å². The van der Waals surface area contributed by atoms with Crippen molar-refractivity contribution in [1.29, 1.82) is 0 Å². The van der Waals surface area contributed by atoms with Gasteiger partial charge in [-0.2, -0.15) is 0 Å². The van der Waals surface area contributed by atoms with Crippen LogP contribution in [0.1, 0.15) is 24.2 Å². The van der Waals surface area contributed by atoms with E-state index in [1.807, 2.05) is 24.0 Å². The lowest BCUT2D eigenvalue weighted by atomic mass is 10.1. The predicted octanol–water partition coefficient (Wildman–Crippen LogP) is 0.567. The molecule has 8 nitrogen and oxygen atoms in total. The Morgan fingerprint density at radius 3 is 2.40 bits per heavy atom. The lowest BCUT2D eigenvalue weighted by molar-refractivity contribution is -0.125. The van der Waals surface area contributed by atoms with E-state index >= 15 is 0 Å². The van der Waals surface area contributed by atoms with E-state index in [0.717, 1.165) is 18.8 Å². The number of benzene rings is 1. The molecule has 0 aromatic heterocycles. The Morgan fingerprint density at radius 1 is 1.24 bits per heavy atom. The first-order chi connectivity index (χ1) is 11.8. The molecule has 25 heavy (non-hydrogen) atoms. The van der Waals surface area contributed by atoms with E-state index in [1.54, 1.807) is 19.1 Å². The Labute approximate surface area is 146 Å². The number of amides is 3. The molecule has 1 saturated heterocycles. The molecule has 1 aliphatic heterocycles. The van der Waals surface area contributed by atoms with Crippen molar-refractivity contribution in [3.8, 4) is 0 Å². The number of nitrogens with two attached hydrogens (primary N) is 1. The minimum absolute atomic E-state index is 0.114. The molecular formula is C17H24N4O4. The van der Waals surface area contributed by atoms with E-state index in [2.05, 4.69) is 10.2 Å². The number of anilines is 1. The highest BCUT2D eigenvalue weighted by Crippen LogP contribution is 2.21. The molecule has 0 saturated carbocycles. The van der Waals surface area contributed by atoms with E-state index in [1.165, 1.54) is 7.11 Å². The van der Waals surface area contributed by atoms with Crippen LogP contribution in [0.15, 0.2) is 24.3 Å². The molecular weight excluding hydrogens is 324 g/mol.